The zero-order valence-electron chi connectivity index (χ0n) is 11.8. The summed E-state index contributed by atoms with van der Waals surface area (Å²) in [5.74, 6) is 0. The van der Waals surface area contributed by atoms with Crippen molar-refractivity contribution in [2.24, 2.45) is 0 Å². The molecule has 0 bridgehead atoms. The molecular weight excluding hydrogens is 295 g/mol. The molecule has 3 rings (SSSR count). The van der Waals surface area contributed by atoms with Gasteiger partial charge < -0.3 is 9.79 Å². The lowest BCUT2D eigenvalue weighted by Gasteiger charge is -2.11. The smallest absolute Gasteiger partial charge is 0.321 e. The molecule has 0 heterocycles. The highest BCUT2D eigenvalue weighted by Gasteiger charge is 2.16. The molecule has 4 heteroatoms. The molecule has 0 aromatic heterocycles. The number of hydrogen-bond donors (Lipinski definition) is 2. The Balaban J connectivity index is 2.08. The van der Waals surface area contributed by atoms with Crippen molar-refractivity contribution in [3.63, 3.8) is 0 Å². The fourth-order valence-corrected chi connectivity index (χ4v) is 2.98. The van der Waals surface area contributed by atoms with Crippen LogP contribution >= 0.6 is 7.60 Å². The molecule has 110 valence electrons. The highest BCUT2D eigenvalue weighted by molar-refractivity contribution is 7.60. The molecule has 3 nitrogen and oxygen atoms in total. The normalized spacial score (nSPS) is 11.4. The molecule has 0 saturated carbocycles. The van der Waals surface area contributed by atoms with Gasteiger partial charge in [-0.15, -0.1) is 0 Å². The van der Waals surface area contributed by atoms with E-state index < -0.39 is 7.60 Å². The first-order valence-electron chi connectivity index (χ1n) is 6.87. The van der Waals surface area contributed by atoms with E-state index in [0.29, 0.717) is 0 Å². The third-order valence-electron chi connectivity index (χ3n) is 3.53. The largest absolute Gasteiger partial charge is 0.356 e. The van der Waals surface area contributed by atoms with Crippen LogP contribution < -0.4 is 5.30 Å². The second-order valence-electron chi connectivity index (χ2n) is 5.00. The molecule has 0 aliphatic rings. The van der Waals surface area contributed by atoms with Crippen molar-refractivity contribution in [1.82, 2.24) is 0 Å². The SMILES string of the molecule is O=P(O)(O)c1ccc(-c2ccccc2-c2ccccc2)cc1. The van der Waals surface area contributed by atoms with E-state index in [1.807, 2.05) is 54.6 Å². The van der Waals surface area contributed by atoms with Gasteiger partial charge in [-0.05, 0) is 34.4 Å². The lowest BCUT2D eigenvalue weighted by molar-refractivity contribution is 0.387. The first kappa shape index (κ1) is 14.7. The maximum Gasteiger partial charge on any atom is 0.356 e. The molecule has 0 fully saturated rings. The van der Waals surface area contributed by atoms with Crippen LogP contribution in [0.1, 0.15) is 0 Å². The van der Waals surface area contributed by atoms with Crippen molar-refractivity contribution in [3.05, 3.63) is 78.9 Å². The van der Waals surface area contributed by atoms with Gasteiger partial charge in [0.1, 0.15) is 0 Å². The minimum atomic E-state index is -4.20. The van der Waals surface area contributed by atoms with Crippen molar-refractivity contribution in [3.8, 4) is 22.3 Å². The Morgan fingerprint density at radius 1 is 0.591 bits per heavy atom. The van der Waals surface area contributed by atoms with E-state index >= 15 is 0 Å². The maximum atomic E-state index is 11.3. The highest BCUT2D eigenvalue weighted by Crippen LogP contribution is 2.35. The van der Waals surface area contributed by atoms with E-state index in [1.165, 1.54) is 12.1 Å². The lowest BCUT2D eigenvalue weighted by Crippen LogP contribution is -2.02. The zero-order chi connectivity index (χ0) is 15.6. The molecule has 3 aromatic carbocycles. The van der Waals surface area contributed by atoms with E-state index in [2.05, 4.69) is 0 Å². The van der Waals surface area contributed by atoms with Gasteiger partial charge in [0, 0.05) is 0 Å². The predicted molar refractivity (Wildman–Crippen MR) is 89.0 cm³/mol. The van der Waals surface area contributed by atoms with Crippen LogP contribution in [0.15, 0.2) is 78.9 Å². The summed E-state index contributed by atoms with van der Waals surface area (Å²) < 4.78 is 11.3. The fourth-order valence-electron chi connectivity index (χ4n) is 2.44. The van der Waals surface area contributed by atoms with Crippen LogP contribution in [0.4, 0.5) is 0 Å². The molecule has 0 radical (unpaired) electrons. The van der Waals surface area contributed by atoms with Gasteiger partial charge in [-0.1, -0.05) is 66.7 Å². The summed E-state index contributed by atoms with van der Waals surface area (Å²) in [6.07, 6.45) is 0. The summed E-state index contributed by atoms with van der Waals surface area (Å²) in [5, 5.41) is 0.0356. The quantitative estimate of drug-likeness (QED) is 0.723. The Morgan fingerprint density at radius 2 is 1.05 bits per heavy atom. The van der Waals surface area contributed by atoms with Gasteiger partial charge in [-0.25, -0.2) is 0 Å². The first-order chi connectivity index (χ1) is 10.6. The second kappa shape index (κ2) is 5.90. The molecule has 0 aliphatic carbocycles. The topological polar surface area (TPSA) is 57.5 Å². The van der Waals surface area contributed by atoms with E-state index in [-0.39, 0.29) is 5.30 Å². The number of benzene rings is 3. The van der Waals surface area contributed by atoms with Crippen LogP contribution in [-0.2, 0) is 4.57 Å². The van der Waals surface area contributed by atoms with Gasteiger partial charge in [0.15, 0.2) is 0 Å². The van der Waals surface area contributed by atoms with Crippen molar-refractivity contribution < 1.29 is 14.4 Å². The molecule has 3 aromatic rings. The van der Waals surface area contributed by atoms with Gasteiger partial charge in [0.05, 0.1) is 5.30 Å². The van der Waals surface area contributed by atoms with Crippen molar-refractivity contribution >= 4 is 12.9 Å². The average molecular weight is 310 g/mol. The van der Waals surface area contributed by atoms with Gasteiger partial charge in [0.25, 0.3) is 0 Å². The molecule has 0 spiro atoms. The molecule has 0 amide bonds. The minimum Gasteiger partial charge on any atom is -0.321 e. The third-order valence-corrected chi connectivity index (χ3v) is 4.50. The molecule has 2 N–H and O–H groups in total. The molecule has 0 aliphatic heterocycles. The van der Waals surface area contributed by atoms with Crippen LogP contribution in [0.3, 0.4) is 0 Å². The Labute approximate surface area is 129 Å². The average Bonchev–Trinajstić information content (AvgIpc) is 2.55. The predicted octanol–water partition coefficient (Wildman–Crippen LogP) is 3.82. The highest BCUT2D eigenvalue weighted by atomic mass is 31.2. The van der Waals surface area contributed by atoms with Crippen LogP contribution in [0.25, 0.3) is 22.3 Å². The van der Waals surface area contributed by atoms with Crippen LogP contribution in [0, 0.1) is 0 Å². The summed E-state index contributed by atoms with van der Waals surface area (Å²) in [6.45, 7) is 0. The van der Waals surface area contributed by atoms with E-state index in [1.54, 1.807) is 12.1 Å². The minimum absolute atomic E-state index is 0.0356. The maximum absolute atomic E-state index is 11.3. The zero-order valence-corrected chi connectivity index (χ0v) is 12.6. The monoisotopic (exact) mass is 310 g/mol. The van der Waals surface area contributed by atoms with E-state index in [0.717, 1.165) is 22.3 Å². The standard InChI is InChI=1S/C18H15O3P/c19-22(20,21)16-12-10-15(11-13-16)18-9-5-4-8-17(18)14-6-2-1-3-7-14/h1-13H,(H2,19,20,21). The van der Waals surface area contributed by atoms with E-state index in [4.69, 9.17) is 0 Å². The van der Waals surface area contributed by atoms with Gasteiger partial charge in [-0.2, -0.15) is 0 Å². The van der Waals surface area contributed by atoms with Crippen LogP contribution in [-0.4, -0.2) is 9.79 Å². The van der Waals surface area contributed by atoms with Crippen molar-refractivity contribution in [2.45, 2.75) is 0 Å². The first-order valence-corrected chi connectivity index (χ1v) is 8.48. The summed E-state index contributed by atoms with van der Waals surface area (Å²) in [4.78, 5) is 18.4. The Kier molecular flexibility index (Phi) is 3.95. The molecule has 0 saturated heterocycles. The van der Waals surface area contributed by atoms with Gasteiger partial charge >= 0.3 is 7.60 Å². The molecule has 0 atom stereocenters. The number of rotatable bonds is 3. The lowest BCUT2D eigenvalue weighted by atomic mass is 9.95. The van der Waals surface area contributed by atoms with E-state index in [9.17, 15) is 14.4 Å². The van der Waals surface area contributed by atoms with Gasteiger partial charge in [-0.3, -0.25) is 4.57 Å². The molecular formula is C18H15O3P. The Bertz CT molecular complexity index is 820. The summed E-state index contributed by atoms with van der Waals surface area (Å²) in [7, 11) is -4.20. The number of hydrogen-bond acceptors (Lipinski definition) is 1. The second-order valence-corrected chi connectivity index (χ2v) is 6.61. The Hall–Kier alpha value is -2.19. The van der Waals surface area contributed by atoms with Crippen LogP contribution in [0.2, 0.25) is 0 Å². The fraction of sp³-hybridized carbons (Fsp3) is 0. The summed E-state index contributed by atoms with van der Waals surface area (Å²) in [6, 6.07) is 24.5. The Morgan fingerprint density at radius 3 is 1.55 bits per heavy atom. The summed E-state index contributed by atoms with van der Waals surface area (Å²) >= 11 is 0. The van der Waals surface area contributed by atoms with Crippen molar-refractivity contribution in [1.29, 1.82) is 0 Å². The molecule has 0 unspecified atom stereocenters. The summed E-state index contributed by atoms with van der Waals surface area (Å²) in [5.41, 5.74) is 4.16. The van der Waals surface area contributed by atoms with Crippen molar-refractivity contribution in [2.75, 3.05) is 0 Å². The van der Waals surface area contributed by atoms with Crippen LogP contribution in [0.5, 0.6) is 0 Å². The molecule has 22 heavy (non-hydrogen) atoms. The third kappa shape index (κ3) is 3.02. The van der Waals surface area contributed by atoms with Gasteiger partial charge in [0.2, 0.25) is 0 Å².